The smallest absolute Gasteiger partial charge is 0.255 e. The fraction of sp³-hybridized carbons (Fsp3) is 0.300. The van der Waals surface area contributed by atoms with Gasteiger partial charge in [0.25, 0.3) is 11.8 Å². The molecular formula is C20H22N2O5. The lowest BCUT2D eigenvalue weighted by Crippen LogP contribution is -2.29. The van der Waals surface area contributed by atoms with Crippen molar-refractivity contribution >= 4 is 11.8 Å². The molecule has 7 nitrogen and oxygen atoms in total. The summed E-state index contributed by atoms with van der Waals surface area (Å²) in [6.45, 7) is 4.16. The zero-order chi connectivity index (χ0) is 19.6. The van der Waals surface area contributed by atoms with E-state index in [9.17, 15) is 9.59 Å². The van der Waals surface area contributed by atoms with Crippen LogP contribution in [-0.4, -0.2) is 32.1 Å². The van der Waals surface area contributed by atoms with Crippen LogP contribution in [0.5, 0.6) is 17.2 Å². The zero-order valence-corrected chi connectivity index (χ0v) is 15.5. The van der Waals surface area contributed by atoms with Crippen molar-refractivity contribution in [2.75, 3.05) is 20.3 Å². The fourth-order valence-electron chi connectivity index (χ4n) is 2.97. The molecule has 0 aliphatic carbocycles. The number of benzene rings is 2. The Morgan fingerprint density at radius 3 is 2.70 bits per heavy atom. The third-order valence-corrected chi connectivity index (χ3v) is 4.58. The van der Waals surface area contributed by atoms with Crippen molar-refractivity contribution < 1.29 is 23.8 Å². The Bertz CT molecular complexity index is 894. The molecule has 2 aromatic carbocycles. The van der Waals surface area contributed by atoms with Crippen LogP contribution in [0, 0.1) is 13.8 Å². The highest BCUT2D eigenvalue weighted by molar-refractivity contribution is 5.95. The average Bonchev–Trinajstić information content (AvgIpc) is 3.06. The first-order chi connectivity index (χ1) is 12.9. The molecule has 0 aromatic heterocycles. The van der Waals surface area contributed by atoms with Gasteiger partial charge in [-0.2, -0.15) is 0 Å². The minimum Gasteiger partial charge on any atom is -0.493 e. The van der Waals surface area contributed by atoms with Crippen LogP contribution in [-0.2, 0) is 4.79 Å². The second kappa shape index (κ2) is 7.57. The SMILES string of the molecule is COc1cc(C(=O)NC2COc3c2ccc(C)c3C)ccc1OCC(N)=O. The summed E-state index contributed by atoms with van der Waals surface area (Å²) in [6, 6.07) is 8.52. The Hall–Kier alpha value is -3.22. The van der Waals surface area contributed by atoms with Crippen LogP contribution in [0.4, 0.5) is 0 Å². The zero-order valence-electron chi connectivity index (χ0n) is 15.5. The molecule has 0 fully saturated rings. The highest BCUT2D eigenvalue weighted by Crippen LogP contribution is 2.37. The third kappa shape index (κ3) is 3.81. The summed E-state index contributed by atoms with van der Waals surface area (Å²) in [7, 11) is 1.46. The number of rotatable bonds is 6. The van der Waals surface area contributed by atoms with Gasteiger partial charge in [-0.1, -0.05) is 12.1 Å². The fourth-order valence-corrected chi connectivity index (χ4v) is 2.97. The Balaban J connectivity index is 1.76. The van der Waals surface area contributed by atoms with Gasteiger partial charge in [-0.3, -0.25) is 9.59 Å². The first-order valence-corrected chi connectivity index (χ1v) is 8.53. The molecule has 3 N–H and O–H groups in total. The van der Waals surface area contributed by atoms with Gasteiger partial charge in [-0.05, 0) is 43.2 Å². The normalized spacial score (nSPS) is 14.9. The number of fused-ring (bicyclic) bond motifs is 1. The highest BCUT2D eigenvalue weighted by atomic mass is 16.5. The predicted molar refractivity (Wildman–Crippen MR) is 99.3 cm³/mol. The van der Waals surface area contributed by atoms with Gasteiger partial charge in [0.05, 0.1) is 13.2 Å². The summed E-state index contributed by atoms with van der Waals surface area (Å²) >= 11 is 0. The van der Waals surface area contributed by atoms with E-state index in [1.165, 1.54) is 7.11 Å². The standard InChI is InChI=1S/C20H22N2O5/c1-11-4-6-14-15(9-27-19(14)12(11)2)22-20(24)13-5-7-16(17(8-13)25-3)26-10-18(21)23/h4-8,15H,9-10H2,1-3H3,(H2,21,23)(H,22,24). The number of methoxy groups -OCH3 is 1. The summed E-state index contributed by atoms with van der Waals surface area (Å²) in [5.41, 5.74) is 8.70. The molecule has 0 bridgehead atoms. The van der Waals surface area contributed by atoms with Gasteiger partial charge in [0.15, 0.2) is 18.1 Å². The van der Waals surface area contributed by atoms with Gasteiger partial charge in [0, 0.05) is 11.1 Å². The maximum absolute atomic E-state index is 12.7. The van der Waals surface area contributed by atoms with E-state index in [1.54, 1.807) is 18.2 Å². The van der Waals surface area contributed by atoms with Crippen molar-refractivity contribution in [3.8, 4) is 17.2 Å². The molecule has 142 valence electrons. The molecule has 7 heteroatoms. The Labute approximate surface area is 157 Å². The van der Waals surface area contributed by atoms with Crippen LogP contribution < -0.4 is 25.3 Å². The molecule has 1 atom stereocenters. The van der Waals surface area contributed by atoms with Crippen molar-refractivity contribution in [2.24, 2.45) is 5.73 Å². The second-order valence-electron chi connectivity index (χ2n) is 6.38. The van der Waals surface area contributed by atoms with Crippen LogP contribution in [0.25, 0.3) is 0 Å². The van der Waals surface area contributed by atoms with E-state index in [2.05, 4.69) is 5.32 Å². The molecule has 27 heavy (non-hydrogen) atoms. The number of primary amides is 1. The molecule has 0 radical (unpaired) electrons. The molecular weight excluding hydrogens is 348 g/mol. The van der Waals surface area contributed by atoms with Gasteiger partial charge in [0.1, 0.15) is 12.4 Å². The summed E-state index contributed by atoms with van der Waals surface area (Å²) < 4.78 is 16.3. The third-order valence-electron chi connectivity index (χ3n) is 4.58. The summed E-state index contributed by atoms with van der Waals surface area (Å²) in [5, 5.41) is 2.98. The largest absolute Gasteiger partial charge is 0.493 e. The molecule has 1 aliphatic heterocycles. The van der Waals surface area contributed by atoms with Gasteiger partial charge in [-0.15, -0.1) is 0 Å². The summed E-state index contributed by atoms with van der Waals surface area (Å²) in [5.74, 6) is 0.679. The molecule has 2 aromatic rings. The Morgan fingerprint density at radius 2 is 2.00 bits per heavy atom. The maximum Gasteiger partial charge on any atom is 0.255 e. The monoisotopic (exact) mass is 370 g/mol. The van der Waals surface area contributed by atoms with Crippen LogP contribution in [0.2, 0.25) is 0 Å². The van der Waals surface area contributed by atoms with Gasteiger partial charge in [-0.25, -0.2) is 0 Å². The molecule has 1 aliphatic rings. The maximum atomic E-state index is 12.7. The average molecular weight is 370 g/mol. The van der Waals surface area contributed by atoms with Crippen LogP contribution >= 0.6 is 0 Å². The van der Waals surface area contributed by atoms with Crippen LogP contribution in [0.15, 0.2) is 30.3 Å². The Kier molecular flexibility index (Phi) is 5.21. The van der Waals surface area contributed by atoms with E-state index in [0.29, 0.717) is 23.7 Å². The summed E-state index contributed by atoms with van der Waals surface area (Å²) in [4.78, 5) is 23.5. The van der Waals surface area contributed by atoms with Crippen molar-refractivity contribution in [1.29, 1.82) is 0 Å². The number of hydrogen-bond acceptors (Lipinski definition) is 5. The lowest BCUT2D eigenvalue weighted by Gasteiger charge is -2.14. The Morgan fingerprint density at radius 1 is 1.22 bits per heavy atom. The van der Waals surface area contributed by atoms with Crippen molar-refractivity contribution in [1.82, 2.24) is 5.32 Å². The van der Waals surface area contributed by atoms with Crippen molar-refractivity contribution in [3.05, 3.63) is 52.6 Å². The first kappa shape index (κ1) is 18.6. The van der Waals surface area contributed by atoms with Gasteiger partial charge >= 0.3 is 0 Å². The molecule has 1 unspecified atom stereocenters. The first-order valence-electron chi connectivity index (χ1n) is 8.53. The minimum absolute atomic E-state index is 0.219. The van der Waals surface area contributed by atoms with Gasteiger partial charge in [0.2, 0.25) is 0 Å². The minimum atomic E-state index is -0.593. The predicted octanol–water partition coefficient (Wildman–Crippen LogP) is 2.04. The van der Waals surface area contributed by atoms with Crippen molar-refractivity contribution in [3.63, 3.8) is 0 Å². The molecule has 1 heterocycles. The molecule has 2 amide bonds. The topological polar surface area (TPSA) is 99.9 Å². The van der Waals surface area contributed by atoms with Crippen LogP contribution in [0.3, 0.4) is 0 Å². The summed E-state index contributed by atoms with van der Waals surface area (Å²) in [6.07, 6.45) is 0. The number of ether oxygens (including phenoxy) is 3. The second-order valence-corrected chi connectivity index (χ2v) is 6.38. The van der Waals surface area contributed by atoms with E-state index in [4.69, 9.17) is 19.9 Å². The number of carbonyl (C=O) groups excluding carboxylic acids is 2. The van der Waals surface area contributed by atoms with E-state index in [1.807, 2.05) is 26.0 Å². The molecule has 0 saturated carbocycles. The van der Waals surface area contributed by atoms with E-state index >= 15 is 0 Å². The molecule has 0 saturated heterocycles. The number of nitrogens with two attached hydrogens (primary N) is 1. The van der Waals surface area contributed by atoms with E-state index in [0.717, 1.165) is 22.4 Å². The molecule has 0 spiro atoms. The number of amides is 2. The number of carbonyl (C=O) groups is 2. The lowest BCUT2D eigenvalue weighted by molar-refractivity contribution is -0.119. The molecule has 3 rings (SSSR count). The van der Waals surface area contributed by atoms with E-state index < -0.39 is 5.91 Å². The lowest BCUT2D eigenvalue weighted by atomic mass is 10.0. The highest BCUT2D eigenvalue weighted by Gasteiger charge is 2.28. The number of aryl methyl sites for hydroxylation is 1. The van der Waals surface area contributed by atoms with E-state index in [-0.39, 0.29) is 18.6 Å². The number of hydrogen-bond donors (Lipinski definition) is 2. The quantitative estimate of drug-likeness (QED) is 0.811. The van der Waals surface area contributed by atoms with Crippen molar-refractivity contribution in [2.45, 2.75) is 19.9 Å². The van der Waals surface area contributed by atoms with Crippen LogP contribution in [0.1, 0.15) is 33.1 Å². The number of nitrogens with one attached hydrogen (secondary N) is 1. The van der Waals surface area contributed by atoms with Gasteiger partial charge < -0.3 is 25.3 Å².